The second-order valence-corrected chi connectivity index (χ2v) is 4.31. The summed E-state index contributed by atoms with van der Waals surface area (Å²) >= 11 is 2.08. The van der Waals surface area contributed by atoms with E-state index in [1.807, 2.05) is 13.8 Å². The van der Waals surface area contributed by atoms with Crippen molar-refractivity contribution in [3.05, 3.63) is 0 Å². The largest absolute Gasteiger partial charge is 0.159 e. The van der Waals surface area contributed by atoms with E-state index in [4.69, 9.17) is 0 Å². The molecule has 0 amide bonds. The van der Waals surface area contributed by atoms with Gasteiger partial charge in [-0.2, -0.15) is 11.8 Å². The lowest BCUT2D eigenvalue weighted by molar-refractivity contribution is 0.642. The summed E-state index contributed by atoms with van der Waals surface area (Å²) in [4.78, 5) is 0. The predicted molar refractivity (Wildman–Crippen MR) is 58.4 cm³/mol. The average Bonchev–Trinajstić information content (AvgIpc) is 2.03. The molecule has 0 radical (unpaired) electrons. The van der Waals surface area contributed by atoms with E-state index < -0.39 is 0 Å². The maximum absolute atomic E-state index is 2.31. The fourth-order valence-corrected chi connectivity index (χ4v) is 1.49. The lowest BCUT2D eigenvalue weighted by Crippen LogP contribution is -2.05. The number of thioether (sulfide) groups is 1. The first-order valence-corrected chi connectivity index (χ1v) is 5.85. The van der Waals surface area contributed by atoms with Crippen molar-refractivity contribution in [3.63, 3.8) is 0 Å². The summed E-state index contributed by atoms with van der Waals surface area (Å²) in [5, 5.41) is 0.838. The Morgan fingerprint density at radius 3 is 1.82 bits per heavy atom. The summed E-state index contributed by atoms with van der Waals surface area (Å²) in [7, 11) is 0. The molecule has 0 saturated heterocycles. The molecule has 0 saturated carbocycles. The van der Waals surface area contributed by atoms with Crippen LogP contribution in [0.25, 0.3) is 0 Å². The number of hydrogen-bond acceptors (Lipinski definition) is 1. The number of rotatable bonds is 4. The van der Waals surface area contributed by atoms with Crippen LogP contribution in [0, 0.1) is 5.92 Å². The third-order valence-electron chi connectivity index (χ3n) is 1.52. The van der Waals surface area contributed by atoms with Crippen LogP contribution in [0.5, 0.6) is 0 Å². The molecule has 70 valence electrons. The Labute approximate surface area is 77.2 Å². The molecule has 0 aliphatic heterocycles. The molecule has 0 aromatic rings. The van der Waals surface area contributed by atoms with Crippen molar-refractivity contribution in [2.45, 2.75) is 53.2 Å². The van der Waals surface area contributed by atoms with Crippen LogP contribution in [-0.4, -0.2) is 11.0 Å². The highest BCUT2D eigenvalue weighted by molar-refractivity contribution is 7.99. The highest BCUT2D eigenvalue weighted by Crippen LogP contribution is 2.18. The van der Waals surface area contributed by atoms with Gasteiger partial charge < -0.3 is 0 Å². The van der Waals surface area contributed by atoms with Crippen molar-refractivity contribution in [3.8, 4) is 0 Å². The zero-order valence-electron chi connectivity index (χ0n) is 8.98. The van der Waals surface area contributed by atoms with Crippen molar-refractivity contribution in [1.29, 1.82) is 0 Å². The third-order valence-corrected chi connectivity index (χ3v) is 3.24. The van der Waals surface area contributed by atoms with Crippen LogP contribution < -0.4 is 0 Å². The first-order chi connectivity index (χ1) is 5.18. The van der Waals surface area contributed by atoms with Gasteiger partial charge in [-0.1, -0.05) is 41.5 Å². The van der Waals surface area contributed by atoms with E-state index in [-0.39, 0.29) is 0 Å². The lowest BCUT2D eigenvalue weighted by atomic mass is 10.2. The van der Waals surface area contributed by atoms with E-state index in [2.05, 4.69) is 39.5 Å². The summed E-state index contributed by atoms with van der Waals surface area (Å²) in [6.45, 7) is 13.1. The maximum Gasteiger partial charge on any atom is 0.00417 e. The highest BCUT2D eigenvalue weighted by Gasteiger charge is 2.04. The van der Waals surface area contributed by atoms with E-state index in [1.165, 1.54) is 12.2 Å². The number of hydrogen-bond donors (Lipinski definition) is 0. The van der Waals surface area contributed by atoms with Crippen LogP contribution in [0.1, 0.15) is 48.0 Å². The lowest BCUT2D eigenvalue weighted by Gasteiger charge is -2.13. The fraction of sp³-hybridized carbons (Fsp3) is 1.00. The molecular formula is C10H24S. The topological polar surface area (TPSA) is 0 Å². The smallest absolute Gasteiger partial charge is 0.00417 e. The zero-order valence-corrected chi connectivity index (χ0v) is 9.79. The van der Waals surface area contributed by atoms with Gasteiger partial charge >= 0.3 is 0 Å². The van der Waals surface area contributed by atoms with Crippen LogP contribution in [-0.2, 0) is 0 Å². The molecule has 0 rings (SSSR count). The molecule has 0 aromatic carbocycles. The molecule has 11 heavy (non-hydrogen) atoms. The van der Waals surface area contributed by atoms with Gasteiger partial charge in [-0.25, -0.2) is 0 Å². The van der Waals surface area contributed by atoms with Gasteiger partial charge in [0.2, 0.25) is 0 Å². The molecule has 0 aliphatic rings. The van der Waals surface area contributed by atoms with Gasteiger partial charge in [0.15, 0.2) is 0 Å². The van der Waals surface area contributed by atoms with E-state index in [0.717, 1.165) is 11.2 Å². The summed E-state index contributed by atoms with van der Waals surface area (Å²) in [5.41, 5.74) is 0. The van der Waals surface area contributed by atoms with Crippen molar-refractivity contribution >= 4 is 11.8 Å². The van der Waals surface area contributed by atoms with Gasteiger partial charge in [-0.15, -0.1) is 0 Å². The minimum absolute atomic E-state index is 0.835. The van der Waals surface area contributed by atoms with Crippen LogP contribution >= 0.6 is 11.8 Å². The molecule has 0 fully saturated rings. The van der Waals surface area contributed by atoms with Gasteiger partial charge in [0, 0.05) is 5.25 Å². The predicted octanol–water partition coefficient (Wildman–Crippen LogP) is 4.20. The zero-order chi connectivity index (χ0) is 9.28. The fourth-order valence-electron chi connectivity index (χ4n) is 0.496. The quantitative estimate of drug-likeness (QED) is 0.618. The van der Waals surface area contributed by atoms with Gasteiger partial charge in [0.1, 0.15) is 0 Å². The molecule has 0 heterocycles. The monoisotopic (exact) mass is 176 g/mol. The van der Waals surface area contributed by atoms with Crippen LogP contribution in [0.2, 0.25) is 0 Å². The van der Waals surface area contributed by atoms with Crippen molar-refractivity contribution in [2.24, 2.45) is 5.92 Å². The van der Waals surface area contributed by atoms with Gasteiger partial charge in [-0.3, -0.25) is 0 Å². The second-order valence-electron chi connectivity index (χ2n) is 2.82. The van der Waals surface area contributed by atoms with Crippen LogP contribution in [0.15, 0.2) is 0 Å². The maximum atomic E-state index is 2.31. The second kappa shape index (κ2) is 10.3. The van der Waals surface area contributed by atoms with Crippen molar-refractivity contribution in [1.82, 2.24) is 0 Å². The Morgan fingerprint density at radius 2 is 1.55 bits per heavy atom. The van der Waals surface area contributed by atoms with Crippen molar-refractivity contribution < 1.29 is 0 Å². The highest BCUT2D eigenvalue weighted by atomic mass is 32.2. The molecular weight excluding hydrogens is 152 g/mol. The minimum Gasteiger partial charge on any atom is -0.159 e. The molecule has 0 nitrogen and oxygen atoms in total. The standard InChI is InChI=1S/C8H18S.C2H6/c1-5-6-9-8(4)7(2)3;1-2/h7-8H,5-6H2,1-4H3;1-2H3. The molecule has 1 unspecified atom stereocenters. The van der Waals surface area contributed by atoms with Gasteiger partial charge in [-0.05, 0) is 18.1 Å². The normalized spacial score (nSPS) is 12.3. The first kappa shape index (κ1) is 13.9. The molecule has 0 spiro atoms. The summed E-state index contributed by atoms with van der Waals surface area (Å²) in [6, 6.07) is 0. The van der Waals surface area contributed by atoms with E-state index in [9.17, 15) is 0 Å². The Morgan fingerprint density at radius 1 is 1.09 bits per heavy atom. The van der Waals surface area contributed by atoms with Gasteiger partial charge in [0.25, 0.3) is 0 Å². The van der Waals surface area contributed by atoms with Gasteiger partial charge in [0.05, 0.1) is 0 Å². The SMILES string of the molecule is CC.CCCSC(C)C(C)C. The Kier molecular flexibility index (Phi) is 13.1. The summed E-state index contributed by atoms with van der Waals surface area (Å²) < 4.78 is 0. The minimum atomic E-state index is 0.835. The molecule has 1 atom stereocenters. The van der Waals surface area contributed by atoms with E-state index in [0.29, 0.717) is 0 Å². The average molecular weight is 176 g/mol. The van der Waals surface area contributed by atoms with Crippen LogP contribution in [0.4, 0.5) is 0 Å². The molecule has 1 heteroatoms. The Bertz CT molecular complexity index is 59.9. The Hall–Kier alpha value is 0.350. The van der Waals surface area contributed by atoms with Crippen LogP contribution in [0.3, 0.4) is 0 Å². The first-order valence-electron chi connectivity index (χ1n) is 4.80. The van der Waals surface area contributed by atoms with Crippen molar-refractivity contribution in [2.75, 3.05) is 5.75 Å². The van der Waals surface area contributed by atoms with E-state index >= 15 is 0 Å². The molecule has 0 N–H and O–H groups in total. The third kappa shape index (κ3) is 10.4. The Balaban J connectivity index is 0. The molecule has 0 bridgehead atoms. The summed E-state index contributed by atoms with van der Waals surface area (Å²) in [5.74, 6) is 2.15. The molecule has 0 aliphatic carbocycles. The molecule has 0 aromatic heterocycles. The summed E-state index contributed by atoms with van der Waals surface area (Å²) in [6.07, 6.45) is 1.31. The van der Waals surface area contributed by atoms with E-state index in [1.54, 1.807) is 0 Å².